The molecular formula is C25H39BrN2O6. The van der Waals surface area contributed by atoms with Crippen molar-refractivity contribution in [1.82, 2.24) is 9.80 Å². The molecule has 3 fully saturated rings. The van der Waals surface area contributed by atoms with E-state index < -0.39 is 35.6 Å². The number of fused-ring (bicyclic) bond motifs is 1. The number of halogens is 1. The number of likely N-dealkylation sites (tertiary alicyclic amines) is 1. The summed E-state index contributed by atoms with van der Waals surface area (Å²) in [6.45, 7) is 9.37. The minimum atomic E-state index is -1.05. The van der Waals surface area contributed by atoms with Gasteiger partial charge in [0.2, 0.25) is 11.8 Å². The molecule has 3 aliphatic rings. The van der Waals surface area contributed by atoms with Gasteiger partial charge >= 0.3 is 5.97 Å². The van der Waals surface area contributed by atoms with Crippen LogP contribution < -0.4 is 0 Å². The number of ether oxygens (including phenoxy) is 2. The van der Waals surface area contributed by atoms with Gasteiger partial charge in [0.05, 0.1) is 24.5 Å². The first-order chi connectivity index (χ1) is 16.4. The lowest BCUT2D eigenvalue weighted by atomic mass is 9.70. The first-order valence-electron chi connectivity index (χ1n) is 12.7. The van der Waals surface area contributed by atoms with E-state index in [1.54, 1.807) is 22.8 Å². The Labute approximate surface area is 211 Å². The Morgan fingerprint density at radius 3 is 2.71 bits per heavy atom. The van der Waals surface area contributed by atoms with E-state index >= 15 is 0 Å². The van der Waals surface area contributed by atoms with Crippen molar-refractivity contribution in [1.29, 1.82) is 0 Å². The van der Waals surface area contributed by atoms with Gasteiger partial charge in [-0.3, -0.25) is 14.4 Å². The standard InChI is InChI=1S/C25H39BrN2O6/c1-4-7-9-13-27(12-5-2)23(31)21-25-16-17(26)20(34-25)18(24(32)33-6-3)19(25)22(30)28(21)14-10-8-11-15-29/h5,17-21,29H,2,4,6-16H2,1,3H3/t17?,18-,19+,20-,21-,25+/m1/s1. The van der Waals surface area contributed by atoms with Gasteiger partial charge in [-0.05, 0) is 39.0 Å². The second-order valence-corrected chi connectivity index (χ2v) is 10.7. The second-order valence-electron chi connectivity index (χ2n) is 9.51. The smallest absolute Gasteiger partial charge is 0.312 e. The summed E-state index contributed by atoms with van der Waals surface area (Å²) in [7, 11) is 0. The fraction of sp³-hybridized carbons (Fsp3) is 0.800. The summed E-state index contributed by atoms with van der Waals surface area (Å²) in [5, 5.41) is 9.15. The van der Waals surface area contributed by atoms with Gasteiger partial charge in [-0.15, -0.1) is 6.58 Å². The van der Waals surface area contributed by atoms with E-state index in [1.807, 2.05) is 0 Å². The van der Waals surface area contributed by atoms with Gasteiger partial charge in [0.1, 0.15) is 11.6 Å². The van der Waals surface area contributed by atoms with Crippen LogP contribution in [0.1, 0.15) is 58.8 Å². The number of aliphatic hydroxyl groups excluding tert-OH is 1. The normalized spacial score (nSPS) is 31.6. The molecule has 3 aliphatic heterocycles. The third-order valence-corrected chi connectivity index (χ3v) is 8.18. The number of rotatable bonds is 14. The maximum absolute atomic E-state index is 14.0. The van der Waals surface area contributed by atoms with E-state index in [1.165, 1.54) is 0 Å². The number of esters is 1. The van der Waals surface area contributed by atoms with Gasteiger partial charge in [0.25, 0.3) is 0 Å². The zero-order chi connectivity index (χ0) is 24.9. The molecule has 34 heavy (non-hydrogen) atoms. The molecule has 1 N–H and O–H groups in total. The Bertz CT molecular complexity index is 764. The van der Waals surface area contributed by atoms with Crippen LogP contribution in [0, 0.1) is 11.8 Å². The number of nitrogens with zero attached hydrogens (tertiary/aromatic N) is 2. The fourth-order valence-electron chi connectivity index (χ4n) is 5.90. The van der Waals surface area contributed by atoms with Crippen LogP contribution in [0.2, 0.25) is 0 Å². The second kappa shape index (κ2) is 12.0. The molecule has 8 nitrogen and oxygen atoms in total. The topological polar surface area (TPSA) is 96.4 Å². The number of hydrogen-bond donors (Lipinski definition) is 1. The van der Waals surface area contributed by atoms with Crippen molar-refractivity contribution in [2.75, 3.05) is 32.8 Å². The highest BCUT2D eigenvalue weighted by molar-refractivity contribution is 9.09. The SMILES string of the molecule is C=CCN(CCCCC)C(=O)[C@H]1N(CCCCCO)C(=O)[C@@H]2[C@@H](C(=O)OCC)[C@@H]3O[C@@]21CC3Br. The third kappa shape index (κ3) is 4.93. The van der Waals surface area contributed by atoms with Crippen molar-refractivity contribution in [2.24, 2.45) is 11.8 Å². The predicted octanol–water partition coefficient (Wildman–Crippen LogP) is 2.66. The molecule has 0 aromatic rings. The summed E-state index contributed by atoms with van der Waals surface area (Å²) in [5.41, 5.74) is -1.05. The average Bonchev–Trinajstić information content (AvgIpc) is 3.39. The summed E-state index contributed by atoms with van der Waals surface area (Å²) in [4.78, 5) is 44.1. The molecule has 0 saturated carbocycles. The van der Waals surface area contributed by atoms with Gasteiger partial charge in [0.15, 0.2) is 0 Å². The zero-order valence-electron chi connectivity index (χ0n) is 20.4. The minimum absolute atomic E-state index is 0.0917. The summed E-state index contributed by atoms with van der Waals surface area (Å²) in [6.07, 6.45) is 6.69. The van der Waals surface area contributed by atoms with Crippen LogP contribution in [0.3, 0.4) is 0 Å². The van der Waals surface area contributed by atoms with Crippen molar-refractivity contribution in [3.63, 3.8) is 0 Å². The quantitative estimate of drug-likeness (QED) is 0.157. The molecule has 0 radical (unpaired) electrons. The predicted molar refractivity (Wildman–Crippen MR) is 131 cm³/mol. The molecule has 1 unspecified atom stereocenters. The van der Waals surface area contributed by atoms with Crippen LogP contribution in [-0.4, -0.2) is 88.1 Å². The number of carbonyl (C=O) groups is 3. The molecule has 1 spiro atoms. The van der Waals surface area contributed by atoms with Gasteiger partial charge in [0, 0.05) is 31.1 Å². The summed E-state index contributed by atoms with van der Waals surface area (Å²) < 4.78 is 11.8. The molecule has 6 atom stereocenters. The minimum Gasteiger partial charge on any atom is -0.466 e. The number of carbonyl (C=O) groups excluding carboxylic acids is 3. The van der Waals surface area contributed by atoms with Crippen molar-refractivity contribution >= 4 is 33.7 Å². The average molecular weight is 543 g/mol. The van der Waals surface area contributed by atoms with Crippen LogP contribution >= 0.6 is 15.9 Å². The molecule has 2 bridgehead atoms. The Morgan fingerprint density at radius 2 is 2.06 bits per heavy atom. The highest BCUT2D eigenvalue weighted by Crippen LogP contribution is 2.60. The molecule has 3 rings (SSSR count). The lowest BCUT2D eigenvalue weighted by molar-refractivity contribution is -0.154. The van der Waals surface area contributed by atoms with Crippen molar-refractivity contribution in [3.05, 3.63) is 12.7 Å². The van der Waals surface area contributed by atoms with E-state index in [0.717, 1.165) is 25.7 Å². The lowest BCUT2D eigenvalue weighted by Crippen LogP contribution is -2.57. The molecule has 2 amide bonds. The first-order valence-corrected chi connectivity index (χ1v) is 13.6. The number of aliphatic hydroxyl groups is 1. The third-order valence-electron chi connectivity index (χ3n) is 7.33. The highest BCUT2D eigenvalue weighted by atomic mass is 79.9. The molecule has 3 saturated heterocycles. The Hall–Kier alpha value is -1.45. The molecule has 3 heterocycles. The monoisotopic (exact) mass is 542 g/mol. The van der Waals surface area contributed by atoms with Crippen molar-refractivity contribution in [2.45, 2.75) is 81.4 Å². The number of unbranched alkanes of at least 4 members (excludes halogenated alkanes) is 4. The van der Waals surface area contributed by atoms with Crippen LogP contribution in [0.15, 0.2) is 12.7 Å². The number of alkyl halides is 1. The van der Waals surface area contributed by atoms with E-state index in [4.69, 9.17) is 14.6 Å². The highest BCUT2D eigenvalue weighted by Gasteiger charge is 2.77. The van der Waals surface area contributed by atoms with Crippen LogP contribution in [0.4, 0.5) is 0 Å². The first kappa shape index (κ1) is 27.1. The summed E-state index contributed by atoms with van der Waals surface area (Å²) in [5.74, 6) is -2.22. The van der Waals surface area contributed by atoms with Crippen LogP contribution in [0.5, 0.6) is 0 Å². The van der Waals surface area contributed by atoms with E-state index in [2.05, 4.69) is 29.4 Å². The van der Waals surface area contributed by atoms with Crippen LogP contribution in [0.25, 0.3) is 0 Å². The van der Waals surface area contributed by atoms with Gasteiger partial charge in [-0.25, -0.2) is 0 Å². The number of amides is 2. The largest absolute Gasteiger partial charge is 0.466 e. The van der Waals surface area contributed by atoms with E-state index in [0.29, 0.717) is 38.9 Å². The summed E-state index contributed by atoms with van der Waals surface area (Å²) in [6, 6.07) is -0.787. The maximum Gasteiger partial charge on any atom is 0.312 e. The Kier molecular flexibility index (Phi) is 9.57. The summed E-state index contributed by atoms with van der Waals surface area (Å²) >= 11 is 3.66. The van der Waals surface area contributed by atoms with Crippen LogP contribution in [-0.2, 0) is 23.9 Å². The molecule has 0 aliphatic carbocycles. The van der Waals surface area contributed by atoms with E-state index in [9.17, 15) is 14.4 Å². The maximum atomic E-state index is 14.0. The zero-order valence-corrected chi connectivity index (χ0v) is 22.0. The van der Waals surface area contributed by atoms with Crippen molar-refractivity contribution < 1.29 is 29.0 Å². The molecule has 0 aromatic heterocycles. The molecule has 9 heteroatoms. The van der Waals surface area contributed by atoms with Gasteiger partial charge < -0.3 is 24.4 Å². The fourth-order valence-corrected chi connectivity index (χ4v) is 6.84. The molecule has 0 aromatic carbocycles. The Morgan fingerprint density at radius 1 is 1.29 bits per heavy atom. The molecule has 192 valence electrons. The number of hydrogen-bond acceptors (Lipinski definition) is 6. The Balaban J connectivity index is 1.96. The lowest BCUT2D eigenvalue weighted by Gasteiger charge is -2.37. The van der Waals surface area contributed by atoms with Gasteiger partial charge in [-0.1, -0.05) is 41.8 Å². The van der Waals surface area contributed by atoms with Crippen molar-refractivity contribution in [3.8, 4) is 0 Å². The van der Waals surface area contributed by atoms with E-state index in [-0.39, 0.29) is 29.9 Å². The van der Waals surface area contributed by atoms with Gasteiger partial charge in [-0.2, -0.15) is 0 Å². The molecular weight excluding hydrogens is 504 g/mol.